The van der Waals surface area contributed by atoms with E-state index in [4.69, 9.17) is 43.6 Å². The molecule has 0 spiro atoms. The summed E-state index contributed by atoms with van der Waals surface area (Å²) in [6.07, 6.45) is 3.77. The number of anilines is 1. The number of aryl methyl sites for hydroxylation is 1. The first-order valence-electron chi connectivity index (χ1n) is 11.6. The van der Waals surface area contributed by atoms with Crippen LogP contribution in [0.2, 0.25) is 10.0 Å². The molecule has 7 nitrogen and oxygen atoms in total. The highest BCUT2D eigenvalue weighted by atomic mass is 35.5. The fraction of sp³-hybridized carbons (Fsp3) is 0.360. The van der Waals surface area contributed by atoms with E-state index in [0.717, 1.165) is 62.8 Å². The van der Waals surface area contributed by atoms with Crippen molar-refractivity contribution < 1.29 is 19.0 Å². The Morgan fingerprint density at radius 2 is 2.03 bits per heavy atom. The van der Waals surface area contributed by atoms with Gasteiger partial charge in [0.1, 0.15) is 23.1 Å². The van der Waals surface area contributed by atoms with Crippen LogP contribution in [0.5, 0.6) is 11.5 Å². The molecule has 4 rings (SSSR count). The summed E-state index contributed by atoms with van der Waals surface area (Å²) < 4.78 is 23.8. The van der Waals surface area contributed by atoms with Gasteiger partial charge in [-0.05, 0) is 94.0 Å². The largest absolute Gasteiger partial charge is 0.483 e. The minimum atomic E-state index is -0.431. The Balaban J connectivity index is 0.00000121. The zero-order chi connectivity index (χ0) is 26.8. The van der Waals surface area contributed by atoms with Crippen LogP contribution in [0.15, 0.2) is 46.1 Å². The lowest BCUT2D eigenvalue weighted by Crippen LogP contribution is -2.48. The molecular weight excluding hydrogens is 558 g/mol. The maximum Gasteiger partial charge on any atom is 0.290 e. The molecular formula is C25H29Cl2FN4O3S2. The smallest absolute Gasteiger partial charge is 0.290 e. The molecule has 0 amide bonds. The summed E-state index contributed by atoms with van der Waals surface area (Å²) in [5.74, 6) is 1.12. The molecule has 37 heavy (non-hydrogen) atoms. The van der Waals surface area contributed by atoms with E-state index in [9.17, 15) is 4.39 Å². The molecule has 2 heterocycles. The standard InChI is InChI=1S/C24H27Cl2FN4OS2.CH2O2/c1-24(28)6-9-31(10-7-24)8-2-3-16-11-17(25)4-5-20(16)32-21-13-19(27)22(12-18(21)26)34-30-23-14-33-15-29-23;2-1-3/h4-5,11-15,30H,2-3,6-10,28H2,1H3;1H,(H,2,3). The molecule has 0 bridgehead atoms. The first kappa shape index (κ1) is 29.5. The minimum absolute atomic E-state index is 0.0517. The number of ether oxygens (including phenoxy) is 1. The molecule has 3 aromatic rings. The quantitative estimate of drug-likeness (QED) is 0.183. The van der Waals surface area contributed by atoms with Crippen LogP contribution >= 0.6 is 46.5 Å². The van der Waals surface area contributed by atoms with Crippen LogP contribution in [0.4, 0.5) is 10.2 Å². The Labute approximate surface area is 234 Å². The van der Waals surface area contributed by atoms with Gasteiger partial charge in [-0.25, -0.2) is 9.37 Å². The number of aromatic nitrogens is 1. The number of carboxylic acid groups (broad SMARTS) is 1. The lowest BCUT2D eigenvalue weighted by molar-refractivity contribution is -0.122. The van der Waals surface area contributed by atoms with Gasteiger partial charge in [-0.3, -0.25) is 4.79 Å². The van der Waals surface area contributed by atoms with Crippen molar-refractivity contribution in [2.24, 2.45) is 5.73 Å². The van der Waals surface area contributed by atoms with E-state index in [1.165, 1.54) is 17.4 Å². The molecule has 4 N–H and O–H groups in total. The fourth-order valence-corrected chi connectivity index (χ4v) is 5.46. The molecule has 0 saturated carbocycles. The monoisotopic (exact) mass is 586 g/mol. The molecule has 1 fully saturated rings. The van der Waals surface area contributed by atoms with E-state index in [1.807, 2.05) is 11.4 Å². The summed E-state index contributed by atoms with van der Waals surface area (Å²) in [7, 11) is 0. The van der Waals surface area contributed by atoms with Gasteiger partial charge in [-0.1, -0.05) is 23.2 Å². The van der Waals surface area contributed by atoms with Gasteiger partial charge < -0.3 is 25.2 Å². The summed E-state index contributed by atoms with van der Waals surface area (Å²) in [5, 5.41) is 9.69. The van der Waals surface area contributed by atoms with Crippen LogP contribution in [-0.2, 0) is 11.2 Å². The average molecular weight is 588 g/mol. The molecule has 200 valence electrons. The van der Waals surface area contributed by atoms with Crippen molar-refractivity contribution >= 4 is 58.8 Å². The number of halogens is 3. The Morgan fingerprint density at radius 3 is 2.70 bits per heavy atom. The molecule has 2 aromatic carbocycles. The van der Waals surface area contributed by atoms with Crippen LogP contribution in [0.1, 0.15) is 31.7 Å². The van der Waals surface area contributed by atoms with Crippen molar-refractivity contribution in [3.63, 3.8) is 0 Å². The molecule has 1 aromatic heterocycles. The first-order chi connectivity index (χ1) is 17.7. The van der Waals surface area contributed by atoms with Crippen molar-refractivity contribution in [2.45, 2.75) is 43.0 Å². The van der Waals surface area contributed by atoms with Crippen LogP contribution in [0.3, 0.4) is 0 Å². The molecule has 12 heteroatoms. The maximum atomic E-state index is 14.7. The normalized spacial score (nSPS) is 14.9. The average Bonchev–Trinajstić information content (AvgIpc) is 3.37. The number of nitrogens with zero attached hydrogens (tertiary/aromatic N) is 2. The topological polar surface area (TPSA) is 101 Å². The lowest BCUT2D eigenvalue weighted by Gasteiger charge is -2.36. The van der Waals surface area contributed by atoms with Gasteiger partial charge in [0.05, 0.1) is 15.4 Å². The molecule has 1 aliphatic rings. The zero-order valence-electron chi connectivity index (χ0n) is 20.3. The Kier molecular flexibility index (Phi) is 11.3. The SMILES string of the molecule is CC1(N)CCN(CCCc2cc(Cl)ccc2Oc2cc(F)c(SNc3cscn3)cc2Cl)CC1.O=CO. The second-order valence-electron chi connectivity index (χ2n) is 8.85. The van der Waals surface area contributed by atoms with Crippen LogP contribution in [-0.4, -0.2) is 46.6 Å². The number of thiazole rings is 1. The first-order valence-corrected chi connectivity index (χ1v) is 14.1. The van der Waals surface area contributed by atoms with Gasteiger partial charge in [-0.15, -0.1) is 11.3 Å². The molecule has 0 atom stereocenters. The number of likely N-dealkylation sites (tertiary alicyclic amines) is 1. The number of carbonyl (C=O) groups is 1. The number of hydrogen-bond acceptors (Lipinski definition) is 8. The van der Waals surface area contributed by atoms with Crippen molar-refractivity contribution in [2.75, 3.05) is 24.4 Å². The summed E-state index contributed by atoms with van der Waals surface area (Å²) in [6, 6.07) is 8.32. The van der Waals surface area contributed by atoms with Gasteiger partial charge in [0, 0.05) is 22.0 Å². The van der Waals surface area contributed by atoms with Crippen molar-refractivity contribution in [3.8, 4) is 11.5 Å². The second kappa shape index (κ2) is 14.2. The van der Waals surface area contributed by atoms with E-state index >= 15 is 0 Å². The van der Waals surface area contributed by atoms with Crippen LogP contribution in [0, 0.1) is 5.82 Å². The van der Waals surface area contributed by atoms with Crippen LogP contribution in [0.25, 0.3) is 0 Å². The lowest BCUT2D eigenvalue weighted by atomic mass is 9.91. The molecule has 0 unspecified atom stereocenters. The highest BCUT2D eigenvalue weighted by Gasteiger charge is 2.25. The number of hydrogen-bond donors (Lipinski definition) is 3. The minimum Gasteiger partial charge on any atom is -0.483 e. The van der Waals surface area contributed by atoms with Gasteiger partial charge >= 0.3 is 0 Å². The van der Waals surface area contributed by atoms with Crippen molar-refractivity contribution in [1.29, 1.82) is 0 Å². The predicted molar refractivity (Wildman–Crippen MR) is 150 cm³/mol. The third kappa shape index (κ3) is 9.31. The molecule has 0 radical (unpaired) electrons. The van der Waals surface area contributed by atoms with E-state index in [2.05, 4.69) is 21.5 Å². The summed E-state index contributed by atoms with van der Waals surface area (Å²) >= 11 is 15.3. The third-order valence-corrected chi connectivity index (χ3v) is 7.81. The maximum absolute atomic E-state index is 14.7. The van der Waals surface area contributed by atoms with Crippen molar-refractivity contribution in [3.05, 3.63) is 62.6 Å². The second-order valence-corrected chi connectivity index (χ2v) is 11.3. The molecule has 0 aliphatic carbocycles. The highest BCUT2D eigenvalue weighted by molar-refractivity contribution is 8.00. The Hall–Kier alpha value is -2.08. The summed E-state index contributed by atoms with van der Waals surface area (Å²) in [5.41, 5.74) is 8.86. The van der Waals surface area contributed by atoms with Crippen LogP contribution < -0.4 is 15.2 Å². The highest BCUT2D eigenvalue weighted by Crippen LogP contribution is 2.37. The summed E-state index contributed by atoms with van der Waals surface area (Å²) in [4.78, 5) is 15.3. The third-order valence-electron chi connectivity index (χ3n) is 5.85. The van der Waals surface area contributed by atoms with Gasteiger partial charge in [0.15, 0.2) is 0 Å². The van der Waals surface area contributed by atoms with Crippen molar-refractivity contribution in [1.82, 2.24) is 9.88 Å². The van der Waals surface area contributed by atoms with Gasteiger partial charge in [0.2, 0.25) is 0 Å². The predicted octanol–water partition coefficient (Wildman–Crippen LogP) is 6.95. The number of nitrogens with one attached hydrogen (secondary N) is 1. The van der Waals surface area contributed by atoms with E-state index < -0.39 is 5.82 Å². The van der Waals surface area contributed by atoms with Gasteiger partial charge in [-0.2, -0.15) is 0 Å². The van der Waals surface area contributed by atoms with Gasteiger partial charge in [0.25, 0.3) is 6.47 Å². The van der Waals surface area contributed by atoms with E-state index in [1.54, 1.807) is 23.7 Å². The number of benzene rings is 2. The number of nitrogens with two attached hydrogens (primary N) is 1. The van der Waals surface area contributed by atoms with E-state index in [-0.39, 0.29) is 17.8 Å². The number of piperidine rings is 1. The molecule has 1 saturated heterocycles. The molecule has 1 aliphatic heterocycles. The Morgan fingerprint density at radius 1 is 1.30 bits per heavy atom. The summed E-state index contributed by atoms with van der Waals surface area (Å²) in [6.45, 7) is 4.89. The zero-order valence-corrected chi connectivity index (χ0v) is 23.4. The Bertz CT molecular complexity index is 1160. The number of rotatable bonds is 9. The fourth-order valence-electron chi connectivity index (χ4n) is 3.78. The van der Waals surface area contributed by atoms with E-state index in [0.29, 0.717) is 26.5 Å².